The molecule has 1 aliphatic rings. The number of carbonyl (C=O) groups excluding carboxylic acids is 1. The zero-order valence-corrected chi connectivity index (χ0v) is 18.4. The van der Waals surface area contributed by atoms with Gasteiger partial charge in [0.25, 0.3) is 0 Å². The minimum absolute atomic E-state index is 0.139. The van der Waals surface area contributed by atoms with Crippen molar-refractivity contribution in [2.75, 3.05) is 0 Å². The fraction of sp³-hybridized carbons (Fsp3) is 0.286. The van der Waals surface area contributed by atoms with Crippen LogP contribution in [0.1, 0.15) is 44.7 Å². The predicted molar refractivity (Wildman–Crippen MR) is 129 cm³/mol. The van der Waals surface area contributed by atoms with E-state index in [1.165, 1.54) is 0 Å². The molecule has 0 unspecified atom stereocenters. The molecule has 1 saturated carbocycles. The van der Waals surface area contributed by atoms with Gasteiger partial charge >= 0.3 is 0 Å². The highest BCUT2D eigenvalue weighted by molar-refractivity contribution is 6.03. The van der Waals surface area contributed by atoms with E-state index in [9.17, 15) is 9.90 Å². The van der Waals surface area contributed by atoms with Crippen LogP contribution in [0, 0.1) is 17.8 Å². The third kappa shape index (κ3) is 4.46. The second-order valence-electron chi connectivity index (χ2n) is 8.86. The smallest absolute Gasteiger partial charge is 0.162 e. The zero-order valence-electron chi connectivity index (χ0n) is 18.4. The molecule has 3 nitrogen and oxygen atoms in total. The Morgan fingerprint density at radius 2 is 1.74 bits per heavy atom. The number of phenols is 1. The molecule has 1 aliphatic carbocycles. The predicted octanol–water partition coefficient (Wildman–Crippen LogP) is 6.95. The van der Waals surface area contributed by atoms with Crippen LogP contribution in [-0.2, 0) is 4.79 Å². The van der Waals surface area contributed by atoms with Crippen LogP contribution in [0.15, 0.2) is 71.2 Å². The summed E-state index contributed by atoms with van der Waals surface area (Å²) in [6, 6.07) is 19.4. The van der Waals surface area contributed by atoms with E-state index in [1.807, 2.05) is 60.7 Å². The molecule has 0 bridgehead atoms. The van der Waals surface area contributed by atoms with Crippen molar-refractivity contribution in [2.24, 2.45) is 22.7 Å². The zero-order chi connectivity index (χ0) is 22.0. The summed E-state index contributed by atoms with van der Waals surface area (Å²) in [7, 11) is 0. The number of carbonyl (C=O) groups is 1. The van der Waals surface area contributed by atoms with Crippen LogP contribution in [-0.4, -0.2) is 17.1 Å². The normalized spacial score (nSPS) is 20.9. The molecule has 0 heterocycles. The van der Waals surface area contributed by atoms with Crippen LogP contribution in [0.3, 0.4) is 0 Å². The van der Waals surface area contributed by atoms with Gasteiger partial charge in [0, 0.05) is 17.7 Å². The molecule has 31 heavy (non-hydrogen) atoms. The molecule has 0 aliphatic heterocycles. The number of fused-ring (bicyclic) bond motifs is 1. The molecule has 0 aromatic heterocycles. The first-order valence-electron chi connectivity index (χ1n) is 11.0. The number of rotatable bonds is 4. The maximum absolute atomic E-state index is 12.9. The number of Topliss-reactive ketones (excluding diaryl/α,β-unsaturated/α-hetero) is 1. The maximum Gasteiger partial charge on any atom is 0.162 e. The molecule has 3 heteroatoms. The van der Waals surface area contributed by atoms with E-state index < -0.39 is 0 Å². The Morgan fingerprint density at radius 1 is 1.00 bits per heavy atom. The largest absolute Gasteiger partial charge is 0.507 e. The van der Waals surface area contributed by atoms with E-state index in [2.05, 4.69) is 25.8 Å². The maximum atomic E-state index is 12.9. The standard InChI is InChI=1S/C28H29NO2/c1-18(2)23-14-8-19(3)25(28(23)31)16-20-9-12-22(13-10-20)29-17-26-24-7-5-4-6-21(24)11-15-27(26)30/h4-7,9-13,15-19,23,30H,8,14H2,1-3H3/b25-16-,29-17?/t19-,23+/m0/s1. The Labute approximate surface area is 184 Å². The van der Waals surface area contributed by atoms with Crippen LogP contribution >= 0.6 is 0 Å². The van der Waals surface area contributed by atoms with Crippen molar-refractivity contribution in [3.63, 3.8) is 0 Å². The van der Waals surface area contributed by atoms with Gasteiger partial charge in [-0.1, -0.05) is 63.2 Å². The summed E-state index contributed by atoms with van der Waals surface area (Å²) in [5.41, 5.74) is 3.48. The molecule has 0 spiro atoms. The van der Waals surface area contributed by atoms with Gasteiger partial charge in [-0.05, 0) is 70.9 Å². The third-order valence-electron chi connectivity index (χ3n) is 6.37. The monoisotopic (exact) mass is 411 g/mol. The van der Waals surface area contributed by atoms with Crippen molar-refractivity contribution in [1.29, 1.82) is 0 Å². The summed E-state index contributed by atoms with van der Waals surface area (Å²) in [5.74, 6) is 1.34. The molecule has 2 atom stereocenters. The second kappa shape index (κ2) is 8.89. The van der Waals surface area contributed by atoms with Gasteiger partial charge < -0.3 is 5.11 Å². The van der Waals surface area contributed by atoms with Gasteiger partial charge in [-0.2, -0.15) is 0 Å². The molecule has 0 saturated heterocycles. The van der Waals surface area contributed by atoms with Gasteiger partial charge in [0.2, 0.25) is 0 Å². The molecule has 1 N–H and O–H groups in total. The minimum atomic E-state index is 0.139. The SMILES string of the molecule is CC(C)[C@H]1CC[C@H](C)/C(=C/c2ccc(N=Cc3c(O)ccc4ccccc34)cc2)C1=O. The number of benzene rings is 3. The average Bonchev–Trinajstić information content (AvgIpc) is 2.76. The van der Waals surface area contributed by atoms with Gasteiger partial charge in [-0.15, -0.1) is 0 Å². The molecular formula is C28H29NO2. The van der Waals surface area contributed by atoms with Crippen molar-refractivity contribution in [1.82, 2.24) is 0 Å². The summed E-state index contributed by atoms with van der Waals surface area (Å²) in [6.45, 7) is 6.42. The van der Waals surface area contributed by atoms with Crippen LogP contribution < -0.4 is 0 Å². The molecule has 4 rings (SSSR count). The Kier molecular flexibility index (Phi) is 6.03. The molecule has 3 aromatic carbocycles. The summed E-state index contributed by atoms with van der Waals surface area (Å²) in [6.07, 6.45) is 5.82. The lowest BCUT2D eigenvalue weighted by molar-refractivity contribution is -0.122. The number of ketones is 1. The fourth-order valence-corrected chi connectivity index (χ4v) is 4.42. The average molecular weight is 412 g/mol. The first kappa shape index (κ1) is 21.0. The molecule has 0 radical (unpaired) electrons. The Morgan fingerprint density at radius 3 is 2.48 bits per heavy atom. The van der Waals surface area contributed by atoms with Crippen LogP contribution in [0.25, 0.3) is 16.8 Å². The quantitative estimate of drug-likeness (QED) is 0.373. The van der Waals surface area contributed by atoms with Crippen LogP contribution in [0.2, 0.25) is 0 Å². The van der Waals surface area contributed by atoms with Gasteiger partial charge in [-0.25, -0.2) is 0 Å². The number of hydrogen-bond donors (Lipinski definition) is 1. The number of aromatic hydroxyl groups is 1. The number of aliphatic imine (C=N–C) groups is 1. The highest BCUT2D eigenvalue weighted by Crippen LogP contribution is 2.35. The van der Waals surface area contributed by atoms with E-state index in [-0.39, 0.29) is 11.7 Å². The second-order valence-corrected chi connectivity index (χ2v) is 8.86. The van der Waals surface area contributed by atoms with Gasteiger partial charge in [0.05, 0.1) is 5.69 Å². The van der Waals surface area contributed by atoms with Gasteiger partial charge in [-0.3, -0.25) is 9.79 Å². The lowest BCUT2D eigenvalue weighted by Gasteiger charge is -2.30. The Bertz CT molecular complexity index is 1160. The van der Waals surface area contributed by atoms with Crippen molar-refractivity contribution in [2.45, 2.75) is 33.6 Å². The van der Waals surface area contributed by atoms with Crippen LogP contribution in [0.4, 0.5) is 5.69 Å². The highest BCUT2D eigenvalue weighted by Gasteiger charge is 2.32. The molecule has 3 aromatic rings. The first-order chi connectivity index (χ1) is 14.9. The van der Waals surface area contributed by atoms with E-state index in [0.717, 1.165) is 40.4 Å². The van der Waals surface area contributed by atoms with E-state index >= 15 is 0 Å². The molecule has 158 valence electrons. The van der Waals surface area contributed by atoms with E-state index in [0.29, 0.717) is 23.2 Å². The fourth-order valence-electron chi connectivity index (χ4n) is 4.42. The molecule has 0 amide bonds. The summed E-state index contributed by atoms with van der Waals surface area (Å²) >= 11 is 0. The van der Waals surface area contributed by atoms with E-state index in [1.54, 1.807) is 12.3 Å². The minimum Gasteiger partial charge on any atom is -0.507 e. The number of hydrogen-bond acceptors (Lipinski definition) is 3. The van der Waals surface area contributed by atoms with E-state index in [4.69, 9.17) is 0 Å². The number of nitrogens with zero attached hydrogens (tertiary/aromatic N) is 1. The van der Waals surface area contributed by atoms with Crippen molar-refractivity contribution in [3.05, 3.63) is 77.4 Å². The van der Waals surface area contributed by atoms with Crippen LogP contribution in [0.5, 0.6) is 5.75 Å². The summed E-state index contributed by atoms with van der Waals surface area (Å²) < 4.78 is 0. The van der Waals surface area contributed by atoms with Gasteiger partial charge in [0.15, 0.2) is 5.78 Å². The molecule has 1 fully saturated rings. The Balaban J connectivity index is 1.57. The molecular weight excluding hydrogens is 382 g/mol. The van der Waals surface area contributed by atoms with Gasteiger partial charge in [0.1, 0.15) is 5.75 Å². The lowest BCUT2D eigenvalue weighted by atomic mass is 9.73. The summed E-state index contributed by atoms with van der Waals surface area (Å²) in [5, 5.41) is 12.3. The number of allylic oxidation sites excluding steroid dienone is 1. The highest BCUT2D eigenvalue weighted by atomic mass is 16.3. The Hall–Kier alpha value is -3.20. The lowest BCUT2D eigenvalue weighted by Crippen LogP contribution is -2.30. The number of phenolic OH excluding ortho intramolecular Hbond substituents is 1. The summed E-state index contributed by atoms with van der Waals surface area (Å²) in [4.78, 5) is 17.5. The topological polar surface area (TPSA) is 49.7 Å². The first-order valence-corrected chi connectivity index (χ1v) is 11.0. The van der Waals surface area contributed by atoms with Crippen molar-refractivity contribution >= 4 is 34.5 Å². The van der Waals surface area contributed by atoms with Crippen molar-refractivity contribution < 1.29 is 9.90 Å². The van der Waals surface area contributed by atoms with Crippen molar-refractivity contribution in [3.8, 4) is 5.75 Å². The third-order valence-corrected chi connectivity index (χ3v) is 6.37.